The van der Waals surface area contributed by atoms with Gasteiger partial charge < -0.3 is 4.74 Å². The summed E-state index contributed by atoms with van der Waals surface area (Å²) in [6.07, 6.45) is 11.6. The van der Waals surface area contributed by atoms with Gasteiger partial charge in [0.2, 0.25) is 0 Å². The van der Waals surface area contributed by atoms with Crippen molar-refractivity contribution < 1.29 is 4.74 Å². The summed E-state index contributed by atoms with van der Waals surface area (Å²) in [4.78, 5) is 0. The number of nitrogens with one attached hydrogen (secondary N) is 1. The number of hydrogen-bond donors (Lipinski definition) is 1. The standard InChI is InChI=1S/C22H34N2O/c1-4-5-6-7-8-9-10-11-16-25-21-14-12-20(13-15-21)17-22-18(2)23-24-19(22)3/h12-15H,4-11,16-17H2,1-3H3,(H,23,24). The van der Waals surface area contributed by atoms with Crippen LogP contribution in [-0.4, -0.2) is 16.8 Å². The Morgan fingerprint density at radius 3 is 2.12 bits per heavy atom. The van der Waals surface area contributed by atoms with Gasteiger partial charge in [0.25, 0.3) is 0 Å². The Morgan fingerprint density at radius 2 is 1.52 bits per heavy atom. The number of aryl methyl sites for hydroxylation is 2. The van der Waals surface area contributed by atoms with E-state index in [0.717, 1.165) is 36.6 Å². The Kier molecular flexibility index (Phi) is 8.58. The molecule has 1 aromatic carbocycles. The number of nitrogens with zero attached hydrogens (tertiary/aromatic N) is 1. The predicted octanol–water partition coefficient (Wildman–Crippen LogP) is 6.14. The molecule has 0 aliphatic rings. The second kappa shape index (κ2) is 11.0. The lowest BCUT2D eigenvalue weighted by molar-refractivity contribution is 0.304. The third-order valence-corrected chi connectivity index (χ3v) is 4.85. The highest BCUT2D eigenvalue weighted by atomic mass is 16.5. The first-order valence-electron chi connectivity index (χ1n) is 9.93. The van der Waals surface area contributed by atoms with Gasteiger partial charge in [-0.1, -0.05) is 64.0 Å². The molecule has 0 atom stereocenters. The van der Waals surface area contributed by atoms with Gasteiger partial charge in [-0.25, -0.2) is 0 Å². The average molecular weight is 343 g/mol. The van der Waals surface area contributed by atoms with E-state index < -0.39 is 0 Å². The summed E-state index contributed by atoms with van der Waals surface area (Å²) in [6.45, 7) is 7.23. The fraction of sp³-hybridized carbons (Fsp3) is 0.591. The van der Waals surface area contributed by atoms with Gasteiger partial charge in [-0.05, 0) is 38.0 Å². The van der Waals surface area contributed by atoms with E-state index >= 15 is 0 Å². The van der Waals surface area contributed by atoms with Crippen LogP contribution in [0.3, 0.4) is 0 Å². The molecule has 0 amide bonds. The van der Waals surface area contributed by atoms with Gasteiger partial charge in [0.05, 0.1) is 12.3 Å². The van der Waals surface area contributed by atoms with E-state index in [1.807, 2.05) is 0 Å². The van der Waals surface area contributed by atoms with Crippen LogP contribution < -0.4 is 4.74 Å². The highest BCUT2D eigenvalue weighted by molar-refractivity contribution is 5.34. The largest absolute Gasteiger partial charge is 0.494 e. The Morgan fingerprint density at radius 1 is 0.880 bits per heavy atom. The van der Waals surface area contributed by atoms with E-state index in [4.69, 9.17) is 4.74 Å². The molecule has 138 valence electrons. The molecule has 0 spiro atoms. The van der Waals surface area contributed by atoms with E-state index in [2.05, 4.69) is 55.2 Å². The molecule has 0 fully saturated rings. The summed E-state index contributed by atoms with van der Waals surface area (Å²) >= 11 is 0. The number of aromatic amines is 1. The molecule has 0 aliphatic heterocycles. The van der Waals surface area contributed by atoms with E-state index in [-0.39, 0.29) is 0 Å². The smallest absolute Gasteiger partial charge is 0.119 e. The molecule has 0 unspecified atom stereocenters. The molecular weight excluding hydrogens is 308 g/mol. The zero-order valence-corrected chi connectivity index (χ0v) is 16.2. The number of ether oxygens (including phenoxy) is 1. The second-order valence-electron chi connectivity index (χ2n) is 7.06. The fourth-order valence-electron chi connectivity index (χ4n) is 3.17. The van der Waals surface area contributed by atoms with Crippen molar-refractivity contribution >= 4 is 0 Å². The molecule has 0 saturated carbocycles. The average Bonchev–Trinajstić information content (AvgIpc) is 2.93. The van der Waals surface area contributed by atoms with Crippen molar-refractivity contribution in [1.82, 2.24) is 10.2 Å². The predicted molar refractivity (Wildman–Crippen MR) is 105 cm³/mol. The molecular formula is C22H34N2O. The first kappa shape index (κ1) is 19.6. The monoisotopic (exact) mass is 342 g/mol. The van der Waals surface area contributed by atoms with Crippen LogP contribution in [0.5, 0.6) is 5.75 Å². The van der Waals surface area contributed by atoms with Crippen molar-refractivity contribution in [1.29, 1.82) is 0 Å². The van der Waals surface area contributed by atoms with Crippen LogP contribution in [0.15, 0.2) is 24.3 Å². The molecule has 25 heavy (non-hydrogen) atoms. The van der Waals surface area contributed by atoms with Gasteiger partial charge in [0.1, 0.15) is 5.75 Å². The first-order valence-corrected chi connectivity index (χ1v) is 9.93. The van der Waals surface area contributed by atoms with Crippen LogP contribution in [0.1, 0.15) is 80.8 Å². The van der Waals surface area contributed by atoms with Crippen molar-refractivity contribution in [3.05, 3.63) is 46.8 Å². The molecule has 0 bridgehead atoms. The Labute approximate surface area is 153 Å². The molecule has 2 aromatic rings. The lowest BCUT2D eigenvalue weighted by Crippen LogP contribution is -1.98. The van der Waals surface area contributed by atoms with Crippen LogP contribution in [0.2, 0.25) is 0 Å². The molecule has 0 saturated heterocycles. The third kappa shape index (κ3) is 6.93. The Balaban J connectivity index is 1.62. The topological polar surface area (TPSA) is 37.9 Å². The van der Waals surface area contributed by atoms with Crippen LogP contribution in [0.25, 0.3) is 0 Å². The zero-order valence-electron chi connectivity index (χ0n) is 16.2. The van der Waals surface area contributed by atoms with Crippen molar-refractivity contribution in [2.75, 3.05) is 6.61 Å². The lowest BCUT2D eigenvalue weighted by atomic mass is 10.0. The number of benzene rings is 1. The van der Waals surface area contributed by atoms with Crippen LogP contribution >= 0.6 is 0 Å². The second-order valence-corrected chi connectivity index (χ2v) is 7.06. The van der Waals surface area contributed by atoms with Gasteiger partial charge in [0.15, 0.2) is 0 Å². The molecule has 1 N–H and O–H groups in total. The fourth-order valence-corrected chi connectivity index (χ4v) is 3.17. The van der Waals surface area contributed by atoms with Gasteiger partial charge in [-0.2, -0.15) is 5.10 Å². The van der Waals surface area contributed by atoms with E-state index in [0.29, 0.717) is 0 Å². The van der Waals surface area contributed by atoms with Crippen LogP contribution in [-0.2, 0) is 6.42 Å². The van der Waals surface area contributed by atoms with Gasteiger partial charge in [-0.3, -0.25) is 5.10 Å². The van der Waals surface area contributed by atoms with Crippen molar-refractivity contribution in [2.45, 2.75) is 78.6 Å². The number of aromatic nitrogens is 2. The maximum atomic E-state index is 5.87. The number of hydrogen-bond acceptors (Lipinski definition) is 2. The number of unbranched alkanes of at least 4 members (excludes halogenated alkanes) is 7. The summed E-state index contributed by atoms with van der Waals surface area (Å²) in [7, 11) is 0. The minimum Gasteiger partial charge on any atom is -0.494 e. The van der Waals surface area contributed by atoms with E-state index in [9.17, 15) is 0 Å². The number of H-pyrrole nitrogens is 1. The molecule has 0 radical (unpaired) electrons. The quantitative estimate of drug-likeness (QED) is 0.471. The molecule has 1 heterocycles. The third-order valence-electron chi connectivity index (χ3n) is 4.85. The lowest BCUT2D eigenvalue weighted by Gasteiger charge is -2.08. The molecule has 2 rings (SSSR count). The first-order chi connectivity index (χ1) is 12.2. The van der Waals surface area contributed by atoms with Gasteiger partial charge in [0, 0.05) is 17.7 Å². The van der Waals surface area contributed by atoms with Crippen LogP contribution in [0, 0.1) is 13.8 Å². The van der Waals surface area contributed by atoms with Crippen LogP contribution in [0.4, 0.5) is 0 Å². The summed E-state index contributed by atoms with van der Waals surface area (Å²) in [5.74, 6) is 0.979. The zero-order chi connectivity index (χ0) is 17.9. The summed E-state index contributed by atoms with van der Waals surface area (Å²) in [6, 6.07) is 8.50. The Bertz CT molecular complexity index is 581. The van der Waals surface area contributed by atoms with Crippen molar-refractivity contribution in [3.63, 3.8) is 0 Å². The highest BCUT2D eigenvalue weighted by Gasteiger charge is 2.07. The van der Waals surface area contributed by atoms with E-state index in [1.54, 1.807) is 0 Å². The van der Waals surface area contributed by atoms with Crippen molar-refractivity contribution in [2.24, 2.45) is 0 Å². The minimum absolute atomic E-state index is 0.828. The minimum atomic E-state index is 0.828. The summed E-state index contributed by atoms with van der Waals surface area (Å²) in [5, 5.41) is 7.32. The van der Waals surface area contributed by atoms with Crippen molar-refractivity contribution in [3.8, 4) is 5.75 Å². The molecule has 0 aliphatic carbocycles. The normalized spacial score (nSPS) is 11.0. The number of rotatable bonds is 12. The molecule has 1 aromatic heterocycles. The SMILES string of the molecule is CCCCCCCCCCOc1ccc(Cc2c(C)n[nH]c2C)cc1. The van der Waals surface area contributed by atoms with Gasteiger partial charge >= 0.3 is 0 Å². The van der Waals surface area contributed by atoms with E-state index in [1.165, 1.54) is 56.1 Å². The Hall–Kier alpha value is -1.77. The molecule has 3 heteroatoms. The maximum Gasteiger partial charge on any atom is 0.119 e. The maximum absolute atomic E-state index is 5.87. The molecule has 3 nitrogen and oxygen atoms in total. The highest BCUT2D eigenvalue weighted by Crippen LogP contribution is 2.19. The van der Waals surface area contributed by atoms with Gasteiger partial charge in [-0.15, -0.1) is 0 Å². The summed E-state index contributed by atoms with van der Waals surface area (Å²) < 4.78 is 5.87. The summed E-state index contributed by atoms with van der Waals surface area (Å²) in [5.41, 5.74) is 4.85.